The largest absolute Gasteiger partial charge is 0.458 e. The van der Waals surface area contributed by atoms with Crippen LogP contribution < -0.4 is 0 Å². The van der Waals surface area contributed by atoms with Crippen LogP contribution in [0.25, 0.3) is 0 Å². The van der Waals surface area contributed by atoms with Crippen molar-refractivity contribution in [3.05, 3.63) is 0 Å². The van der Waals surface area contributed by atoms with Crippen LogP contribution in [0.5, 0.6) is 0 Å². The maximum atomic E-state index is 11.3. The summed E-state index contributed by atoms with van der Waals surface area (Å²) in [7, 11) is -0.317. The Morgan fingerprint density at radius 1 is 1.50 bits per heavy atom. The number of hydrogen-bond donors (Lipinski definition) is 1. The molecule has 0 aromatic heterocycles. The topological polar surface area (TPSA) is 59.0 Å². The molecule has 0 amide bonds. The molecule has 0 spiro atoms. The summed E-state index contributed by atoms with van der Waals surface area (Å²) in [4.78, 5) is 11.3. The molecule has 1 N–H and O–H groups in total. The number of ether oxygens (including phenoxy) is 1. The van der Waals surface area contributed by atoms with Crippen molar-refractivity contribution in [2.45, 2.75) is 57.5 Å². The second kappa shape index (κ2) is 5.28. The van der Waals surface area contributed by atoms with Gasteiger partial charge < -0.3 is 14.4 Å². The number of rotatable bonds is 4. The van der Waals surface area contributed by atoms with Gasteiger partial charge >= 0.3 is 5.97 Å². The van der Waals surface area contributed by atoms with Crippen molar-refractivity contribution in [3.8, 4) is 0 Å². The predicted octanol–water partition coefficient (Wildman–Crippen LogP) is 2.01. The highest BCUT2D eigenvalue weighted by molar-refractivity contribution is 6.74. The Hall–Kier alpha value is -0.433. The minimum Gasteiger partial charge on any atom is -0.458 e. The van der Waals surface area contributed by atoms with Gasteiger partial charge in [0.1, 0.15) is 6.10 Å². The van der Waals surface area contributed by atoms with Gasteiger partial charge in [0, 0.05) is 7.05 Å². The monoisotopic (exact) mass is 275 g/mol. The normalized spacial score (nSPS) is 25.7. The zero-order valence-corrected chi connectivity index (χ0v) is 13.2. The van der Waals surface area contributed by atoms with Crippen LogP contribution in [0.3, 0.4) is 0 Å². The number of carbonyl (C=O) groups excluding carboxylic acids is 1. The lowest BCUT2D eigenvalue weighted by Crippen LogP contribution is -2.46. The van der Waals surface area contributed by atoms with Gasteiger partial charge in [0.15, 0.2) is 8.32 Å². The highest BCUT2D eigenvalue weighted by Gasteiger charge is 2.42. The Bertz CT molecular complexity index is 312. The van der Waals surface area contributed by atoms with Crippen LogP contribution in [-0.4, -0.2) is 50.4 Å². The Kier molecular flexibility index (Phi) is 4.59. The third-order valence-electron chi connectivity index (χ3n) is 3.98. The maximum Gasteiger partial charge on any atom is 0.308 e. The SMILES string of the molecule is CN(O)C1CC(=O)OC1CO[Si](C)(C)C(C)(C)C. The summed E-state index contributed by atoms with van der Waals surface area (Å²) in [5.41, 5.74) is 0. The van der Waals surface area contributed by atoms with E-state index in [9.17, 15) is 10.0 Å². The van der Waals surface area contributed by atoms with Crippen LogP contribution >= 0.6 is 0 Å². The number of hydroxylamine groups is 2. The van der Waals surface area contributed by atoms with Crippen LogP contribution in [0.4, 0.5) is 0 Å². The third-order valence-corrected chi connectivity index (χ3v) is 8.48. The molecule has 0 aliphatic carbocycles. The van der Waals surface area contributed by atoms with Crippen LogP contribution in [0.1, 0.15) is 27.2 Å². The van der Waals surface area contributed by atoms with E-state index >= 15 is 0 Å². The highest BCUT2D eigenvalue weighted by atomic mass is 28.4. The molecule has 1 fully saturated rings. The Morgan fingerprint density at radius 2 is 2.06 bits per heavy atom. The van der Waals surface area contributed by atoms with Crippen molar-refractivity contribution in [2.24, 2.45) is 0 Å². The summed E-state index contributed by atoms with van der Waals surface area (Å²) in [6.07, 6.45) is -0.153. The Morgan fingerprint density at radius 3 is 2.50 bits per heavy atom. The molecule has 106 valence electrons. The fourth-order valence-electron chi connectivity index (χ4n) is 1.62. The first kappa shape index (κ1) is 15.6. The summed E-state index contributed by atoms with van der Waals surface area (Å²) >= 11 is 0. The van der Waals surface area contributed by atoms with E-state index in [0.717, 1.165) is 5.06 Å². The molecule has 0 radical (unpaired) electrons. The van der Waals surface area contributed by atoms with Crippen LogP contribution in [0.2, 0.25) is 18.1 Å². The molecular weight excluding hydrogens is 250 g/mol. The molecule has 1 aliphatic heterocycles. The zero-order chi connectivity index (χ0) is 14.1. The van der Waals surface area contributed by atoms with E-state index in [2.05, 4.69) is 33.9 Å². The van der Waals surface area contributed by atoms with Gasteiger partial charge in [-0.2, -0.15) is 5.06 Å². The van der Waals surface area contributed by atoms with Crippen molar-refractivity contribution < 1.29 is 19.2 Å². The van der Waals surface area contributed by atoms with E-state index in [1.807, 2.05) is 0 Å². The minimum atomic E-state index is -1.85. The molecule has 2 unspecified atom stereocenters. The molecule has 5 nitrogen and oxygen atoms in total. The standard InChI is InChI=1S/C12H25NO4Si/c1-12(2,3)18(5,6)16-8-10-9(13(4)15)7-11(14)17-10/h9-10,15H,7-8H2,1-6H3. The van der Waals surface area contributed by atoms with Crippen LogP contribution in [-0.2, 0) is 14.0 Å². The molecular formula is C12H25NO4Si. The van der Waals surface area contributed by atoms with Gasteiger partial charge in [-0.1, -0.05) is 20.8 Å². The second-order valence-electron chi connectivity index (χ2n) is 6.44. The summed E-state index contributed by atoms with van der Waals surface area (Å²) < 4.78 is 11.2. The summed E-state index contributed by atoms with van der Waals surface area (Å²) in [6, 6.07) is -0.303. The Labute approximate surface area is 110 Å². The van der Waals surface area contributed by atoms with Gasteiger partial charge in [0.05, 0.1) is 19.1 Å². The molecule has 0 bridgehead atoms. The number of carbonyl (C=O) groups is 1. The summed E-state index contributed by atoms with van der Waals surface area (Å²) in [5, 5.41) is 10.7. The van der Waals surface area contributed by atoms with Gasteiger partial charge in [-0.05, 0) is 18.1 Å². The second-order valence-corrected chi connectivity index (χ2v) is 11.3. The van der Waals surface area contributed by atoms with E-state index in [-0.39, 0.29) is 29.6 Å². The lowest BCUT2D eigenvalue weighted by Gasteiger charge is -2.37. The fraction of sp³-hybridized carbons (Fsp3) is 0.917. The number of hydrogen-bond acceptors (Lipinski definition) is 5. The van der Waals surface area contributed by atoms with E-state index < -0.39 is 8.32 Å². The molecule has 18 heavy (non-hydrogen) atoms. The first-order valence-corrected chi connectivity index (χ1v) is 9.20. The van der Waals surface area contributed by atoms with Gasteiger partial charge in [0.25, 0.3) is 0 Å². The maximum absolute atomic E-state index is 11.3. The quantitative estimate of drug-likeness (QED) is 0.483. The molecule has 1 rings (SSSR count). The average molecular weight is 275 g/mol. The van der Waals surface area contributed by atoms with Crippen molar-refractivity contribution >= 4 is 14.3 Å². The van der Waals surface area contributed by atoms with Crippen LogP contribution in [0.15, 0.2) is 0 Å². The fourth-order valence-corrected chi connectivity index (χ4v) is 2.64. The van der Waals surface area contributed by atoms with Gasteiger partial charge in [-0.3, -0.25) is 4.79 Å². The van der Waals surface area contributed by atoms with E-state index in [1.165, 1.54) is 7.05 Å². The van der Waals surface area contributed by atoms with Crippen molar-refractivity contribution in [2.75, 3.05) is 13.7 Å². The molecule has 0 saturated carbocycles. The number of nitrogens with zero attached hydrogens (tertiary/aromatic N) is 1. The van der Waals surface area contributed by atoms with Crippen molar-refractivity contribution in [3.63, 3.8) is 0 Å². The van der Waals surface area contributed by atoms with Gasteiger partial charge in [-0.25, -0.2) is 0 Å². The molecule has 1 heterocycles. The first-order chi connectivity index (χ1) is 8.04. The third kappa shape index (κ3) is 3.54. The van der Waals surface area contributed by atoms with Crippen LogP contribution in [0, 0.1) is 0 Å². The number of esters is 1. The molecule has 1 saturated heterocycles. The number of cyclic esters (lactones) is 1. The van der Waals surface area contributed by atoms with Gasteiger partial charge in [0.2, 0.25) is 0 Å². The van der Waals surface area contributed by atoms with Crippen molar-refractivity contribution in [1.82, 2.24) is 5.06 Å². The molecule has 2 atom stereocenters. The number of likely N-dealkylation sites (N-methyl/N-ethyl adjacent to an activating group) is 1. The average Bonchev–Trinajstić information content (AvgIpc) is 2.55. The van der Waals surface area contributed by atoms with E-state index in [4.69, 9.17) is 9.16 Å². The zero-order valence-electron chi connectivity index (χ0n) is 12.2. The lowest BCUT2D eigenvalue weighted by molar-refractivity contribution is -0.145. The van der Waals surface area contributed by atoms with E-state index in [1.54, 1.807) is 0 Å². The van der Waals surface area contributed by atoms with E-state index in [0.29, 0.717) is 6.61 Å². The minimum absolute atomic E-state index is 0.121. The molecule has 0 aromatic rings. The van der Waals surface area contributed by atoms with Crippen molar-refractivity contribution in [1.29, 1.82) is 0 Å². The lowest BCUT2D eigenvalue weighted by atomic mass is 10.1. The molecule has 6 heteroatoms. The first-order valence-electron chi connectivity index (χ1n) is 6.30. The highest BCUT2D eigenvalue weighted by Crippen LogP contribution is 2.37. The predicted molar refractivity (Wildman–Crippen MR) is 71.0 cm³/mol. The summed E-state index contributed by atoms with van der Waals surface area (Å²) in [6.45, 7) is 11.2. The Balaban J connectivity index is 2.60. The molecule has 0 aromatic carbocycles. The van der Waals surface area contributed by atoms with Gasteiger partial charge in [-0.15, -0.1) is 0 Å². The smallest absolute Gasteiger partial charge is 0.308 e. The molecule has 1 aliphatic rings. The summed E-state index contributed by atoms with van der Waals surface area (Å²) in [5.74, 6) is -0.273.